The van der Waals surface area contributed by atoms with Crippen LogP contribution in [0.5, 0.6) is 0 Å². The topological polar surface area (TPSA) is 69.0 Å². The van der Waals surface area contributed by atoms with Crippen molar-refractivity contribution in [1.29, 1.82) is 5.26 Å². The summed E-state index contributed by atoms with van der Waals surface area (Å²) in [6.07, 6.45) is 3.33. The maximum atomic E-state index is 12.5. The number of hydrogen-bond acceptors (Lipinski definition) is 4. The van der Waals surface area contributed by atoms with Crippen LogP contribution in [-0.4, -0.2) is 28.9 Å². The van der Waals surface area contributed by atoms with Gasteiger partial charge >= 0.3 is 0 Å². The van der Waals surface area contributed by atoms with Gasteiger partial charge in [0, 0.05) is 19.3 Å². The van der Waals surface area contributed by atoms with Gasteiger partial charge in [-0.25, -0.2) is 4.98 Å². The van der Waals surface area contributed by atoms with Gasteiger partial charge in [0.15, 0.2) is 0 Å². The van der Waals surface area contributed by atoms with Gasteiger partial charge in [0.1, 0.15) is 5.82 Å². The molecule has 5 nitrogen and oxygen atoms in total. The molecule has 0 saturated carbocycles. The summed E-state index contributed by atoms with van der Waals surface area (Å²) in [4.78, 5) is 18.9. The van der Waals surface area contributed by atoms with Crippen LogP contribution in [0.3, 0.4) is 0 Å². The molecular weight excluding hydrogens is 336 g/mol. The number of amides is 1. The number of aromatic nitrogens is 1. The van der Waals surface area contributed by atoms with E-state index in [4.69, 9.17) is 11.6 Å². The molecule has 0 aliphatic carbocycles. The van der Waals surface area contributed by atoms with Gasteiger partial charge in [-0.1, -0.05) is 29.8 Å². The zero-order valence-electron chi connectivity index (χ0n) is 13.8. The van der Waals surface area contributed by atoms with Crippen LogP contribution in [0.25, 0.3) is 0 Å². The number of nitrogens with zero attached hydrogens (tertiary/aromatic N) is 3. The Morgan fingerprint density at radius 3 is 2.96 bits per heavy atom. The summed E-state index contributed by atoms with van der Waals surface area (Å²) in [5.74, 6) is 0.412. The number of halogens is 1. The molecule has 1 N–H and O–H groups in total. The van der Waals surface area contributed by atoms with E-state index < -0.39 is 0 Å². The molecule has 1 fully saturated rings. The summed E-state index contributed by atoms with van der Waals surface area (Å²) >= 11 is 5.81. The Balaban J connectivity index is 1.61. The van der Waals surface area contributed by atoms with Gasteiger partial charge in [0.05, 0.1) is 22.6 Å². The third-order valence-corrected chi connectivity index (χ3v) is 4.61. The van der Waals surface area contributed by atoms with Crippen molar-refractivity contribution in [2.75, 3.05) is 18.4 Å². The maximum absolute atomic E-state index is 12.5. The van der Waals surface area contributed by atoms with Crippen LogP contribution in [0, 0.1) is 17.2 Å². The number of hydrogen-bond donors (Lipinski definition) is 1. The lowest BCUT2D eigenvalue weighted by Crippen LogP contribution is -2.40. The number of rotatable bonds is 4. The first-order valence-corrected chi connectivity index (χ1v) is 8.66. The number of nitrogens with one attached hydrogen (secondary N) is 1. The standard InChI is InChI=1S/C19H19ClN4O/c20-17-7-8-18(22-11-17)23-19(25)16-6-3-9-24(13-16)12-15-5-2-1-4-14(15)10-21/h1-2,4-5,7-8,11,16H,3,6,9,12-13H2,(H,22,23,25)/t16-/m1/s1. The Morgan fingerprint density at radius 2 is 2.20 bits per heavy atom. The average Bonchev–Trinajstić information content (AvgIpc) is 2.64. The Hall–Kier alpha value is -2.42. The van der Waals surface area contributed by atoms with Crippen LogP contribution in [0.1, 0.15) is 24.0 Å². The van der Waals surface area contributed by atoms with Gasteiger partial charge in [0.2, 0.25) is 5.91 Å². The molecule has 1 atom stereocenters. The van der Waals surface area contributed by atoms with Crippen molar-refractivity contribution >= 4 is 23.3 Å². The Bertz CT molecular complexity index is 785. The van der Waals surface area contributed by atoms with Gasteiger partial charge in [-0.3, -0.25) is 9.69 Å². The molecule has 1 saturated heterocycles. The van der Waals surface area contributed by atoms with Crippen molar-refractivity contribution in [3.63, 3.8) is 0 Å². The lowest BCUT2D eigenvalue weighted by Gasteiger charge is -2.32. The van der Waals surface area contributed by atoms with Crippen molar-refractivity contribution in [3.8, 4) is 6.07 Å². The fourth-order valence-electron chi connectivity index (χ4n) is 3.10. The smallest absolute Gasteiger partial charge is 0.229 e. The number of nitriles is 1. The highest BCUT2D eigenvalue weighted by molar-refractivity contribution is 6.30. The van der Waals surface area contributed by atoms with E-state index in [0.717, 1.165) is 24.9 Å². The minimum Gasteiger partial charge on any atom is -0.310 e. The molecule has 3 rings (SSSR count). The number of benzene rings is 1. The van der Waals surface area contributed by atoms with Crippen LogP contribution in [0.2, 0.25) is 5.02 Å². The molecule has 0 unspecified atom stereocenters. The van der Waals surface area contributed by atoms with Crippen molar-refractivity contribution in [2.24, 2.45) is 5.92 Å². The highest BCUT2D eigenvalue weighted by Gasteiger charge is 2.26. The second-order valence-corrected chi connectivity index (χ2v) is 6.63. The SMILES string of the molecule is N#Cc1ccccc1CN1CCC[C@@H](C(=O)Nc2ccc(Cl)cn2)C1. The quantitative estimate of drug-likeness (QED) is 0.912. The van der Waals surface area contributed by atoms with Crippen LogP contribution >= 0.6 is 11.6 Å². The zero-order chi connectivity index (χ0) is 17.6. The summed E-state index contributed by atoms with van der Waals surface area (Å²) < 4.78 is 0. The van der Waals surface area contributed by atoms with E-state index >= 15 is 0 Å². The van der Waals surface area contributed by atoms with Crippen LogP contribution in [0.4, 0.5) is 5.82 Å². The van der Waals surface area contributed by atoms with Crippen LogP contribution < -0.4 is 5.32 Å². The molecule has 1 aliphatic heterocycles. The third-order valence-electron chi connectivity index (χ3n) is 4.39. The van der Waals surface area contributed by atoms with E-state index in [1.54, 1.807) is 12.1 Å². The minimum atomic E-state index is -0.0829. The normalized spacial score (nSPS) is 17.7. The molecule has 1 aromatic carbocycles. The Morgan fingerprint density at radius 1 is 1.36 bits per heavy atom. The number of carbonyl (C=O) groups is 1. The van der Waals surface area contributed by atoms with Gasteiger partial charge in [-0.2, -0.15) is 5.26 Å². The molecule has 2 heterocycles. The first kappa shape index (κ1) is 17.4. The number of anilines is 1. The lowest BCUT2D eigenvalue weighted by atomic mass is 9.96. The average molecular weight is 355 g/mol. The van der Waals surface area contributed by atoms with Crippen LogP contribution in [-0.2, 0) is 11.3 Å². The van der Waals surface area contributed by atoms with Gasteiger partial charge in [0.25, 0.3) is 0 Å². The first-order valence-electron chi connectivity index (χ1n) is 8.28. The van der Waals surface area contributed by atoms with Crippen molar-refractivity contribution in [3.05, 3.63) is 58.7 Å². The highest BCUT2D eigenvalue weighted by Crippen LogP contribution is 2.21. The molecule has 2 aromatic rings. The third kappa shape index (κ3) is 4.56. The van der Waals surface area contributed by atoms with E-state index in [0.29, 0.717) is 29.5 Å². The monoisotopic (exact) mass is 354 g/mol. The predicted octanol–water partition coefficient (Wildman–Crippen LogP) is 3.46. The molecule has 0 spiro atoms. The summed E-state index contributed by atoms with van der Waals surface area (Å²) in [7, 11) is 0. The van der Waals surface area contributed by atoms with Gasteiger partial charge in [-0.15, -0.1) is 0 Å². The zero-order valence-corrected chi connectivity index (χ0v) is 14.5. The Labute approximate surface area is 152 Å². The molecule has 1 amide bonds. The molecule has 6 heteroatoms. The maximum Gasteiger partial charge on any atom is 0.229 e. The summed E-state index contributed by atoms with van der Waals surface area (Å²) in [5, 5.41) is 12.6. The fourth-order valence-corrected chi connectivity index (χ4v) is 3.21. The second-order valence-electron chi connectivity index (χ2n) is 6.19. The minimum absolute atomic E-state index is 0.0203. The van der Waals surface area contributed by atoms with E-state index in [2.05, 4.69) is 21.3 Å². The van der Waals surface area contributed by atoms with Crippen molar-refractivity contribution in [1.82, 2.24) is 9.88 Å². The van der Waals surface area contributed by atoms with Gasteiger partial charge in [-0.05, 0) is 43.1 Å². The highest BCUT2D eigenvalue weighted by atomic mass is 35.5. The largest absolute Gasteiger partial charge is 0.310 e. The number of piperidine rings is 1. The van der Waals surface area contributed by atoms with Crippen LogP contribution in [0.15, 0.2) is 42.6 Å². The Kier molecular flexibility index (Phi) is 5.64. The van der Waals surface area contributed by atoms with E-state index in [-0.39, 0.29) is 11.8 Å². The second kappa shape index (κ2) is 8.11. The van der Waals surface area contributed by atoms with E-state index in [1.165, 1.54) is 6.20 Å². The number of pyridine rings is 1. The molecule has 0 bridgehead atoms. The first-order chi connectivity index (χ1) is 12.2. The molecule has 1 aromatic heterocycles. The lowest BCUT2D eigenvalue weighted by molar-refractivity contribution is -0.121. The number of likely N-dealkylation sites (tertiary alicyclic amines) is 1. The summed E-state index contributed by atoms with van der Waals surface area (Å²) in [6.45, 7) is 2.30. The summed E-state index contributed by atoms with van der Waals surface area (Å²) in [5.41, 5.74) is 1.70. The predicted molar refractivity (Wildman–Crippen MR) is 97.0 cm³/mol. The molecule has 0 radical (unpaired) electrons. The van der Waals surface area contributed by atoms with E-state index in [9.17, 15) is 10.1 Å². The molecular formula is C19H19ClN4O. The summed E-state index contributed by atoms with van der Waals surface area (Å²) in [6, 6.07) is 13.2. The fraction of sp³-hybridized carbons (Fsp3) is 0.316. The van der Waals surface area contributed by atoms with Gasteiger partial charge < -0.3 is 5.32 Å². The number of carbonyl (C=O) groups excluding carboxylic acids is 1. The molecule has 128 valence electrons. The van der Waals surface area contributed by atoms with Crippen molar-refractivity contribution < 1.29 is 4.79 Å². The molecule has 1 aliphatic rings. The molecule has 25 heavy (non-hydrogen) atoms. The van der Waals surface area contributed by atoms with Crippen molar-refractivity contribution in [2.45, 2.75) is 19.4 Å². The van der Waals surface area contributed by atoms with E-state index in [1.807, 2.05) is 24.3 Å².